The van der Waals surface area contributed by atoms with E-state index in [1.54, 1.807) is 0 Å². The minimum Gasteiger partial charge on any atom is -0.351 e. The summed E-state index contributed by atoms with van der Waals surface area (Å²) in [5.41, 5.74) is 2.27. The maximum Gasteiger partial charge on any atom is 0.207 e. The van der Waals surface area contributed by atoms with Crippen LogP contribution in [-0.4, -0.2) is 21.2 Å². The van der Waals surface area contributed by atoms with Crippen LogP contribution in [0.15, 0.2) is 60.7 Å². The Labute approximate surface area is 162 Å². The van der Waals surface area contributed by atoms with Crippen molar-refractivity contribution < 1.29 is 4.79 Å². The second-order valence-corrected chi connectivity index (χ2v) is 5.19. The summed E-state index contributed by atoms with van der Waals surface area (Å²) in [6.45, 7) is 8.36. The van der Waals surface area contributed by atoms with Crippen LogP contribution in [0.3, 0.4) is 0 Å². The Balaban J connectivity index is 0.000000855. The van der Waals surface area contributed by atoms with Crippen molar-refractivity contribution in [2.24, 2.45) is 0 Å². The summed E-state index contributed by atoms with van der Waals surface area (Å²) in [7, 11) is 0. The highest BCUT2D eigenvalue weighted by Crippen LogP contribution is 2.15. The van der Waals surface area contributed by atoms with Gasteiger partial charge in [0, 0.05) is 12.1 Å². The van der Waals surface area contributed by atoms with Crippen LogP contribution in [0.25, 0.3) is 5.69 Å². The van der Waals surface area contributed by atoms with Crippen molar-refractivity contribution in [1.82, 2.24) is 20.1 Å². The molecule has 5 nitrogen and oxygen atoms in total. The van der Waals surface area contributed by atoms with Gasteiger partial charge in [0.2, 0.25) is 6.41 Å². The second-order valence-electron chi connectivity index (χ2n) is 5.19. The van der Waals surface area contributed by atoms with Gasteiger partial charge >= 0.3 is 0 Å². The average Bonchev–Trinajstić information content (AvgIpc) is 3.17. The first kappa shape index (κ1) is 22.1. The zero-order chi connectivity index (χ0) is 19.9. The molecule has 0 spiro atoms. The van der Waals surface area contributed by atoms with Gasteiger partial charge in [0.25, 0.3) is 0 Å². The highest BCUT2D eigenvalue weighted by atomic mass is 16.1. The van der Waals surface area contributed by atoms with Gasteiger partial charge in [0.1, 0.15) is 5.82 Å². The van der Waals surface area contributed by atoms with Gasteiger partial charge in [-0.1, -0.05) is 76.2 Å². The number of rotatable bonds is 7. The van der Waals surface area contributed by atoms with Crippen molar-refractivity contribution >= 4 is 6.41 Å². The quantitative estimate of drug-likeness (QED) is 0.632. The number of nitrogens with one attached hydrogen (secondary N) is 1. The summed E-state index contributed by atoms with van der Waals surface area (Å²) in [5.74, 6) is 1.62. The van der Waals surface area contributed by atoms with E-state index in [0.717, 1.165) is 30.2 Å². The predicted molar refractivity (Wildman–Crippen MR) is 111 cm³/mol. The monoisotopic (exact) mass is 366 g/mol. The maximum atomic E-state index is 10.6. The Morgan fingerprint density at radius 1 is 0.815 bits per heavy atom. The standard InChI is InChI=1S/C18H18N4O.2C2H6/c23-14-19-13-18-21-20-17(12-11-15-7-3-1-4-8-15)22(18)16-9-5-2-6-10-16;2*1-2/h1-10,14H,11-13H2,(H,19,23);2*1-2H3. The van der Waals surface area contributed by atoms with Gasteiger partial charge < -0.3 is 5.32 Å². The minimum atomic E-state index is 0.358. The lowest BCUT2D eigenvalue weighted by atomic mass is 10.1. The molecule has 0 atom stereocenters. The number of carbonyl (C=O) groups is 1. The fourth-order valence-electron chi connectivity index (χ4n) is 2.54. The Bertz CT molecular complexity index is 754. The number of nitrogens with zero attached hydrogens (tertiary/aromatic N) is 3. The maximum absolute atomic E-state index is 10.6. The van der Waals surface area contributed by atoms with E-state index >= 15 is 0 Å². The molecule has 0 aliphatic rings. The predicted octanol–water partition coefficient (Wildman–Crippen LogP) is 4.35. The molecule has 3 aromatic rings. The molecule has 0 unspecified atom stereocenters. The molecule has 0 saturated heterocycles. The first-order chi connectivity index (χ1) is 13.4. The fraction of sp³-hybridized carbons (Fsp3) is 0.318. The van der Waals surface area contributed by atoms with Gasteiger partial charge in [0.05, 0.1) is 6.54 Å². The SMILES string of the molecule is CC.CC.O=CNCc1nnc(CCc2ccccc2)n1-c1ccccc1. The van der Waals surface area contributed by atoms with Gasteiger partial charge in [-0.05, 0) is 24.1 Å². The second kappa shape index (κ2) is 13.3. The number of hydrogen-bond donors (Lipinski definition) is 1. The lowest BCUT2D eigenvalue weighted by Gasteiger charge is -2.10. The first-order valence-corrected chi connectivity index (χ1v) is 9.58. The molecule has 1 heterocycles. The van der Waals surface area contributed by atoms with E-state index in [-0.39, 0.29) is 0 Å². The van der Waals surface area contributed by atoms with E-state index in [9.17, 15) is 4.79 Å². The molecule has 3 rings (SSSR count). The molecule has 2 aromatic carbocycles. The lowest BCUT2D eigenvalue weighted by molar-refractivity contribution is -0.109. The third-order valence-electron chi connectivity index (χ3n) is 3.64. The normalized spacial score (nSPS) is 9.33. The highest BCUT2D eigenvalue weighted by Gasteiger charge is 2.13. The van der Waals surface area contributed by atoms with Gasteiger partial charge in [-0.3, -0.25) is 9.36 Å². The van der Waals surface area contributed by atoms with Crippen LogP contribution >= 0.6 is 0 Å². The van der Waals surface area contributed by atoms with Crippen molar-refractivity contribution in [1.29, 1.82) is 0 Å². The molecule has 27 heavy (non-hydrogen) atoms. The summed E-state index contributed by atoms with van der Waals surface area (Å²) in [5, 5.41) is 11.2. The van der Waals surface area contributed by atoms with E-state index in [1.165, 1.54) is 5.56 Å². The summed E-state index contributed by atoms with van der Waals surface area (Å²) in [6, 6.07) is 20.3. The number of aryl methyl sites for hydroxylation is 2. The lowest BCUT2D eigenvalue weighted by Crippen LogP contribution is -2.15. The van der Waals surface area contributed by atoms with E-state index in [1.807, 2.05) is 80.8 Å². The molecule has 0 radical (unpaired) electrons. The Morgan fingerprint density at radius 3 is 1.96 bits per heavy atom. The van der Waals surface area contributed by atoms with Crippen LogP contribution in [0.5, 0.6) is 0 Å². The molecular weight excluding hydrogens is 336 g/mol. The average molecular weight is 367 g/mol. The number of hydrogen-bond acceptors (Lipinski definition) is 3. The van der Waals surface area contributed by atoms with Crippen LogP contribution in [0, 0.1) is 0 Å². The zero-order valence-electron chi connectivity index (χ0n) is 16.7. The van der Waals surface area contributed by atoms with Crippen LogP contribution in [0.1, 0.15) is 44.9 Å². The number of aromatic nitrogens is 3. The Kier molecular flexibility index (Phi) is 10.9. The molecule has 0 aliphatic heterocycles. The third kappa shape index (κ3) is 6.70. The van der Waals surface area contributed by atoms with Crippen LogP contribution in [-0.2, 0) is 24.2 Å². The third-order valence-corrected chi connectivity index (χ3v) is 3.64. The highest BCUT2D eigenvalue weighted by molar-refractivity contribution is 5.46. The summed E-state index contributed by atoms with van der Waals surface area (Å²) in [6.07, 6.45) is 2.35. The smallest absolute Gasteiger partial charge is 0.207 e. The molecule has 0 aliphatic carbocycles. The zero-order valence-corrected chi connectivity index (χ0v) is 16.7. The van der Waals surface area contributed by atoms with Crippen molar-refractivity contribution in [2.75, 3.05) is 0 Å². The van der Waals surface area contributed by atoms with Gasteiger partial charge in [0.15, 0.2) is 5.82 Å². The van der Waals surface area contributed by atoms with E-state index in [2.05, 4.69) is 27.6 Å². The number of carbonyl (C=O) groups excluding carboxylic acids is 1. The number of amides is 1. The Morgan fingerprint density at radius 2 is 1.37 bits per heavy atom. The number of para-hydroxylation sites is 1. The van der Waals surface area contributed by atoms with Crippen LogP contribution in [0.2, 0.25) is 0 Å². The fourth-order valence-corrected chi connectivity index (χ4v) is 2.54. The van der Waals surface area contributed by atoms with E-state index < -0.39 is 0 Å². The first-order valence-electron chi connectivity index (χ1n) is 9.58. The molecule has 0 bridgehead atoms. The summed E-state index contributed by atoms with van der Waals surface area (Å²) < 4.78 is 2.01. The summed E-state index contributed by atoms with van der Waals surface area (Å²) in [4.78, 5) is 10.6. The van der Waals surface area contributed by atoms with Gasteiger partial charge in [-0.2, -0.15) is 0 Å². The van der Waals surface area contributed by atoms with Crippen molar-refractivity contribution in [3.05, 3.63) is 77.9 Å². The van der Waals surface area contributed by atoms with Crippen molar-refractivity contribution in [2.45, 2.75) is 47.1 Å². The molecule has 144 valence electrons. The molecular formula is C22H30N4O. The summed E-state index contributed by atoms with van der Waals surface area (Å²) >= 11 is 0. The van der Waals surface area contributed by atoms with E-state index in [0.29, 0.717) is 13.0 Å². The van der Waals surface area contributed by atoms with Gasteiger partial charge in [-0.15, -0.1) is 10.2 Å². The molecule has 1 amide bonds. The van der Waals surface area contributed by atoms with Crippen molar-refractivity contribution in [3.8, 4) is 5.69 Å². The molecule has 0 fully saturated rings. The molecule has 1 aromatic heterocycles. The van der Waals surface area contributed by atoms with E-state index in [4.69, 9.17) is 0 Å². The topological polar surface area (TPSA) is 59.8 Å². The van der Waals surface area contributed by atoms with Crippen molar-refractivity contribution in [3.63, 3.8) is 0 Å². The van der Waals surface area contributed by atoms with Crippen LogP contribution < -0.4 is 5.32 Å². The number of benzene rings is 2. The van der Waals surface area contributed by atoms with Gasteiger partial charge in [-0.25, -0.2) is 0 Å². The largest absolute Gasteiger partial charge is 0.351 e. The molecule has 1 N–H and O–H groups in total. The molecule has 5 heteroatoms. The molecule has 0 saturated carbocycles. The van der Waals surface area contributed by atoms with Crippen LogP contribution in [0.4, 0.5) is 0 Å². The Hall–Kier alpha value is -2.95. The minimum absolute atomic E-state index is 0.358.